The standard InChI is InChI=1S/C29H29NO/c1-18-11-12-21-13-14-26-28(23(21)15-18)30(24-9-7-8-10-25(24)31-26)27-19(2)16-22(17-20(27)3)29(4,5)6/h7-17H,1-6H3. The Hall–Kier alpha value is -3.26. The first-order valence-corrected chi connectivity index (χ1v) is 11.0. The van der Waals surface area contributed by atoms with Crippen LogP contribution in [0.4, 0.5) is 17.1 Å². The zero-order chi connectivity index (χ0) is 21.9. The topological polar surface area (TPSA) is 12.5 Å². The number of hydrogen-bond donors (Lipinski definition) is 0. The molecule has 0 fully saturated rings. The number of rotatable bonds is 1. The van der Waals surface area contributed by atoms with Crippen LogP contribution in [0.5, 0.6) is 11.5 Å². The van der Waals surface area contributed by atoms with Gasteiger partial charge in [-0.1, -0.05) is 68.8 Å². The Morgan fingerprint density at radius 1 is 0.710 bits per heavy atom. The lowest BCUT2D eigenvalue weighted by Gasteiger charge is -2.36. The predicted octanol–water partition coefficient (Wildman–Crippen LogP) is 8.64. The van der Waals surface area contributed by atoms with Crippen LogP contribution < -0.4 is 9.64 Å². The largest absolute Gasteiger partial charge is 0.453 e. The highest BCUT2D eigenvalue weighted by atomic mass is 16.5. The van der Waals surface area contributed by atoms with Gasteiger partial charge in [-0.15, -0.1) is 0 Å². The second kappa shape index (κ2) is 6.88. The van der Waals surface area contributed by atoms with Crippen molar-refractivity contribution in [2.75, 3.05) is 4.90 Å². The van der Waals surface area contributed by atoms with Crippen molar-refractivity contribution in [3.8, 4) is 11.5 Å². The van der Waals surface area contributed by atoms with E-state index in [0.717, 1.165) is 22.9 Å². The first-order chi connectivity index (χ1) is 14.7. The molecule has 5 rings (SSSR count). The minimum atomic E-state index is 0.110. The minimum absolute atomic E-state index is 0.110. The molecular weight excluding hydrogens is 378 g/mol. The highest BCUT2D eigenvalue weighted by molar-refractivity contribution is 6.04. The monoisotopic (exact) mass is 407 g/mol. The zero-order valence-corrected chi connectivity index (χ0v) is 19.2. The zero-order valence-electron chi connectivity index (χ0n) is 19.2. The molecule has 31 heavy (non-hydrogen) atoms. The summed E-state index contributed by atoms with van der Waals surface area (Å²) >= 11 is 0. The SMILES string of the molecule is Cc1ccc2ccc3c(c2c1)N(c1c(C)cc(C(C)(C)C)cc1C)c1ccccc1O3. The summed E-state index contributed by atoms with van der Waals surface area (Å²) in [5.41, 5.74) is 8.71. The molecule has 0 saturated heterocycles. The highest BCUT2D eigenvalue weighted by Gasteiger charge is 2.30. The maximum Gasteiger partial charge on any atom is 0.152 e. The summed E-state index contributed by atoms with van der Waals surface area (Å²) < 4.78 is 6.39. The molecule has 2 heteroatoms. The van der Waals surface area contributed by atoms with E-state index < -0.39 is 0 Å². The molecular formula is C29H29NO. The summed E-state index contributed by atoms with van der Waals surface area (Å²) in [6, 6.07) is 23.9. The fraction of sp³-hybridized carbons (Fsp3) is 0.241. The Bertz CT molecular complexity index is 1300. The lowest BCUT2D eigenvalue weighted by atomic mass is 9.84. The summed E-state index contributed by atoms with van der Waals surface area (Å²) in [6.45, 7) is 13.4. The van der Waals surface area contributed by atoms with Crippen molar-refractivity contribution >= 4 is 27.8 Å². The molecule has 0 aliphatic carbocycles. The van der Waals surface area contributed by atoms with Gasteiger partial charge < -0.3 is 9.64 Å². The van der Waals surface area contributed by atoms with Crippen LogP contribution in [0.25, 0.3) is 10.8 Å². The maximum absolute atomic E-state index is 6.39. The molecule has 0 saturated carbocycles. The van der Waals surface area contributed by atoms with E-state index in [-0.39, 0.29) is 5.41 Å². The van der Waals surface area contributed by atoms with Gasteiger partial charge in [0.25, 0.3) is 0 Å². The normalized spacial score (nSPS) is 13.0. The Morgan fingerprint density at radius 3 is 2.10 bits per heavy atom. The summed E-state index contributed by atoms with van der Waals surface area (Å²) in [6.07, 6.45) is 0. The van der Waals surface area contributed by atoms with Crippen LogP contribution in [0.15, 0.2) is 66.7 Å². The summed E-state index contributed by atoms with van der Waals surface area (Å²) in [5, 5.41) is 2.43. The van der Waals surface area contributed by atoms with E-state index >= 15 is 0 Å². The molecule has 0 bridgehead atoms. The molecule has 4 aromatic carbocycles. The third-order valence-corrected chi connectivity index (χ3v) is 6.24. The van der Waals surface area contributed by atoms with Crippen molar-refractivity contribution in [3.05, 3.63) is 89.0 Å². The Labute approximate surface area is 185 Å². The maximum atomic E-state index is 6.39. The quantitative estimate of drug-likeness (QED) is 0.276. The van der Waals surface area contributed by atoms with Crippen LogP contribution >= 0.6 is 0 Å². The van der Waals surface area contributed by atoms with Gasteiger partial charge in [0, 0.05) is 5.39 Å². The van der Waals surface area contributed by atoms with Gasteiger partial charge in [-0.2, -0.15) is 0 Å². The third-order valence-electron chi connectivity index (χ3n) is 6.24. The van der Waals surface area contributed by atoms with Crippen LogP contribution in [0, 0.1) is 20.8 Å². The second-order valence-electron chi connectivity index (χ2n) is 9.75. The number of anilines is 3. The Balaban J connectivity index is 1.85. The second-order valence-corrected chi connectivity index (χ2v) is 9.75. The summed E-state index contributed by atoms with van der Waals surface area (Å²) in [7, 11) is 0. The van der Waals surface area contributed by atoms with E-state index in [4.69, 9.17) is 4.74 Å². The van der Waals surface area contributed by atoms with Crippen LogP contribution in [0.1, 0.15) is 43.0 Å². The molecule has 1 heterocycles. The van der Waals surface area contributed by atoms with Gasteiger partial charge in [0.05, 0.1) is 17.1 Å². The smallest absolute Gasteiger partial charge is 0.152 e. The average Bonchev–Trinajstić information content (AvgIpc) is 2.71. The number of para-hydroxylation sites is 2. The van der Waals surface area contributed by atoms with E-state index in [1.807, 2.05) is 6.07 Å². The molecule has 4 aromatic rings. The molecule has 1 aliphatic rings. The Morgan fingerprint density at radius 2 is 1.39 bits per heavy atom. The van der Waals surface area contributed by atoms with Gasteiger partial charge in [0.15, 0.2) is 11.5 Å². The molecule has 0 aromatic heterocycles. The van der Waals surface area contributed by atoms with Crippen molar-refractivity contribution in [1.82, 2.24) is 0 Å². The molecule has 0 radical (unpaired) electrons. The van der Waals surface area contributed by atoms with E-state index in [9.17, 15) is 0 Å². The Kier molecular flexibility index (Phi) is 4.37. The van der Waals surface area contributed by atoms with Crippen LogP contribution in [0.2, 0.25) is 0 Å². The van der Waals surface area contributed by atoms with Gasteiger partial charge in [0.2, 0.25) is 0 Å². The van der Waals surface area contributed by atoms with Crippen LogP contribution in [0.3, 0.4) is 0 Å². The minimum Gasteiger partial charge on any atom is -0.453 e. The highest BCUT2D eigenvalue weighted by Crippen LogP contribution is 2.54. The van der Waals surface area contributed by atoms with Gasteiger partial charge in [0.1, 0.15) is 0 Å². The van der Waals surface area contributed by atoms with Crippen molar-refractivity contribution in [3.63, 3.8) is 0 Å². The average molecular weight is 408 g/mol. The number of nitrogens with zero attached hydrogens (tertiary/aromatic N) is 1. The molecule has 0 unspecified atom stereocenters. The van der Waals surface area contributed by atoms with Crippen molar-refractivity contribution in [2.45, 2.75) is 47.0 Å². The van der Waals surface area contributed by atoms with E-state index in [1.165, 1.54) is 38.7 Å². The first-order valence-electron chi connectivity index (χ1n) is 11.0. The fourth-order valence-corrected chi connectivity index (χ4v) is 4.65. The van der Waals surface area contributed by atoms with Gasteiger partial charge in [-0.3, -0.25) is 0 Å². The summed E-state index contributed by atoms with van der Waals surface area (Å²) in [5.74, 6) is 1.79. The van der Waals surface area contributed by atoms with Gasteiger partial charge in [-0.05, 0) is 72.5 Å². The van der Waals surface area contributed by atoms with Crippen molar-refractivity contribution in [2.24, 2.45) is 0 Å². The number of hydrogen-bond acceptors (Lipinski definition) is 2. The lowest BCUT2D eigenvalue weighted by Crippen LogP contribution is -2.19. The summed E-state index contributed by atoms with van der Waals surface area (Å²) in [4.78, 5) is 2.41. The molecule has 0 spiro atoms. The molecule has 0 amide bonds. The van der Waals surface area contributed by atoms with E-state index in [2.05, 4.69) is 107 Å². The number of fused-ring (bicyclic) bond motifs is 4. The molecule has 2 nitrogen and oxygen atoms in total. The molecule has 156 valence electrons. The number of aryl methyl sites for hydroxylation is 3. The van der Waals surface area contributed by atoms with Gasteiger partial charge >= 0.3 is 0 Å². The van der Waals surface area contributed by atoms with E-state index in [0.29, 0.717) is 0 Å². The molecule has 0 N–H and O–H groups in total. The van der Waals surface area contributed by atoms with E-state index in [1.54, 1.807) is 0 Å². The van der Waals surface area contributed by atoms with Crippen LogP contribution in [-0.2, 0) is 5.41 Å². The number of benzene rings is 4. The fourth-order valence-electron chi connectivity index (χ4n) is 4.65. The van der Waals surface area contributed by atoms with Crippen LogP contribution in [-0.4, -0.2) is 0 Å². The predicted molar refractivity (Wildman–Crippen MR) is 132 cm³/mol. The van der Waals surface area contributed by atoms with Gasteiger partial charge in [-0.25, -0.2) is 0 Å². The van der Waals surface area contributed by atoms with Crippen molar-refractivity contribution < 1.29 is 4.74 Å². The molecule has 1 aliphatic heterocycles. The first kappa shape index (κ1) is 19.7. The lowest BCUT2D eigenvalue weighted by molar-refractivity contribution is 0.478. The third kappa shape index (κ3) is 3.18. The van der Waals surface area contributed by atoms with Crippen molar-refractivity contribution in [1.29, 1.82) is 0 Å². The number of ether oxygens (including phenoxy) is 1. The molecule has 0 atom stereocenters.